The van der Waals surface area contributed by atoms with Gasteiger partial charge in [0.05, 0.1) is 25.5 Å². The van der Waals surface area contributed by atoms with Crippen molar-refractivity contribution < 1.29 is 23.8 Å². The van der Waals surface area contributed by atoms with Gasteiger partial charge in [-0.2, -0.15) is 0 Å². The van der Waals surface area contributed by atoms with Crippen LogP contribution in [-0.4, -0.2) is 26.0 Å². The third-order valence-corrected chi connectivity index (χ3v) is 7.16. The molecule has 0 fully saturated rings. The Hall–Kier alpha value is -3.74. The number of dihydropyridines is 1. The zero-order valence-electron chi connectivity index (χ0n) is 20.4. The van der Waals surface area contributed by atoms with E-state index in [0.717, 1.165) is 11.1 Å². The van der Waals surface area contributed by atoms with Crippen molar-refractivity contribution in [2.45, 2.75) is 19.4 Å². The van der Waals surface area contributed by atoms with Crippen molar-refractivity contribution in [3.05, 3.63) is 110 Å². The number of Topliss-reactive ketones (excluding diaryl/α,β-unsaturated/α-hetero) is 1. The molecule has 1 aliphatic heterocycles. The minimum Gasteiger partial charge on any atom is -0.493 e. The average Bonchev–Trinajstić information content (AvgIpc) is 3.18. The Morgan fingerprint density at radius 3 is 2.43 bits per heavy atom. The van der Waals surface area contributed by atoms with Crippen LogP contribution in [0.5, 0.6) is 11.5 Å². The molecule has 0 bridgehead atoms. The lowest BCUT2D eigenvalue weighted by atomic mass is 9.79. The number of methoxy groups -OCH3 is 2. The van der Waals surface area contributed by atoms with Crippen LogP contribution in [-0.2, 0) is 16.1 Å². The van der Waals surface area contributed by atoms with Crippen LogP contribution in [0.1, 0.15) is 39.9 Å². The van der Waals surface area contributed by atoms with Gasteiger partial charge in [0, 0.05) is 43.9 Å². The molecule has 5 rings (SSSR count). The van der Waals surface area contributed by atoms with E-state index in [1.54, 1.807) is 43.3 Å². The second kappa shape index (κ2) is 9.96. The van der Waals surface area contributed by atoms with Crippen LogP contribution >= 0.6 is 23.2 Å². The Labute approximate surface area is 224 Å². The lowest BCUT2D eigenvalue weighted by Crippen LogP contribution is -2.29. The zero-order chi connectivity index (χ0) is 26.3. The Morgan fingerprint density at radius 2 is 1.73 bits per heavy atom. The van der Waals surface area contributed by atoms with E-state index in [-0.39, 0.29) is 12.4 Å². The maximum Gasteiger partial charge on any atom is 0.336 e. The Bertz CT molecular complexity index is 1510. The molecule has 0 radical (unpaired) electrons. The van der Waals surface area contributed by atoms with Crippen molar-refractivity contribution in [2.24, 2.45) is 0 Å². The van der Waals surface area contributed by atoms with Gasteiger partial charge in [-0.05, 0) is 36.8 Å². The summed E-state index contributed by atoms with van der Waals surface area (Å²) in [6.07, 6.45) is 0. The predicted octanol–water partition coefficient (Wildman–Crippen LogP) is 6.32. The number of nitrogens with one attached hydrogen (secondary N) is 1. The molecule has 1 heterocycles. The number of hydrogen-bond donors (Lipinski definition) is 1. The second-order valence-electron chi connectivity index (χ2n) is 8.69. The van der Waals surface area contributed by atoms with Crippen LogP contribution in [0.15, 0.2) is 77.5 Å². The minimum absolute atomic E-state index is 0.131. The first-order valence-electron chi connectivity index (χ1n) is 11.5. The minimum atomic E-state index is -0.655. The summed E-state index contributed by atoms with van der Waals surface area (Å²) in [6.45, 7) is 2.01. The maximum atomic E-state index is 13.6. The molecule has 6 nitrogen and oxygen atoms in total. The summed E-state index contributed by atoms with van der Waals surface area (Å²) in [5.41, 5.74) is 5.05. The van der Waals surface area contributed by atoms with E-state index in [4.69, 9.17) is 37.4 Å². The number of fused-ring (bicyclic) bond motifs is 2. The molecule has 2 aliphatic rings. The molecule has 1 aliphatic carbocycles. The van der Waals surface area contributed by atoms with Gasteiger partial charge in [0.2, 0.25) is 0 Å². The molecule has 1 unspecified atom stereocenters. The summed E-state index contributed by atoms with van der Waals surface area (Å²) in [5, 5.41) is 4.32. The van der Waals surface area contributed by atoms with E-state index < -0.39 is 11.9 Å². The van der Waals surface area contributed by atoms with Crippen molar-refractivity contribution in [3.8, 4) is 11.5 Å². The van der Waals surface area contributed by atoms with Crippen molar-refractivity contribution in [2.75, 3.05) is 14.2 Å². The number of rotatable bonds is 6. The SMILES string of the molecule is COC(=O)C1=C(C)NC2=C(C(=O)c3ccccc32)C1c1ccc(OCc2ccc(Cl)cc2Cl)c(OC)c1. The molecule has 0 amide bonds. The van der Waals surface area contributed by atoms with Gasteiger partial charge in [0.25, 0.3) is 0 Å². The molecular weight excluding hydrogens is 513 g/mol. The number of ketones is 1. The number of carbonyl (C=O) groups excluding carboxylic acids is 2. The summed E-state index contributed by atoms with van der Waals surface area (Å²) in [7, 11) is 2.86. The average molecular weight is 536 g/mol. The smallest absolute Gasteiger partial charge is 0.336 e. The van der Waals surface area contributed by atoms with Crippen molar-refractivity contribution in [3.63, 3.8) is 0 Å². The molecule has 1 atom stereocenters. The van der Waals surface area contributed by atoms with E-state index in [9.17, 15) is 9.59 Å². The van der Waals surface area contributed by atoms with E-state index >= 15 is 0 Å². The van der Waals surface area contributed by atoms with Crippen molar-refractivity contribution in [1.29, 1.82) is 0 Å². The highest BCUT2D eigenvalue weighted by atomic mass is 35.5. The van der Waals surface area contributed by atoms with Gasteiger partial charge < -0.3 is 19.5 Å². The van der Waals surface area contributed by atoms with Crippen LogP contribution in [0.3, 0.4) is 0 Å². The molecule has 188 valence electrons. The number of benzene rings is 3. The molecule has 3 aromatic carbocycles. The molecule has 1 N–H and O–H groups in total. The quantitative estimate of drug-likeness (QED) is 0.372. The van der Waals surface area contributed by atoms with Gasteiger partial charge in [0.1, 0.15) is 6.61 Å². The number of ether oxygens (including phenoxy) is 3. The third-order valence-electron chi connectivity index (χ3n) is 6.57. The number of allylic oxidation sites excluding steroid dienone is 2. The van der Waals surface area contributed by atoms with Gasteiger partial charge in [0.15, 0.2) is 17.3 Å². The second-order valence-corrected chi connectivity index (χ2v) is 9.53. The summed E-state index contributed by atoms with van der Waals surface area (Å²) in [5.74, 6) is -0.359. The number of halogens is 2. The highest BCUT2D eigenvalue weighted by Crippen LogP contribution is 2.48. The van der Waals surface area contributed by atoms with Gasteiger partial charge >= 0.3 is 5.97 Å². The Kier molecular flexibility index (Phi) is 6.71. The molecule has 0 spiro atoms. The zero-order valence-corrected chi connectivity index (χ0v) is 21.9. The van der Waals surface area contributed by atoms with Crippen LogP contribution < -0.4 is 14.8 Å². The fourth-order valence-electron chi connectivity index (χ4n) is 4.82. The number of esters is 1. The topological polar surface area (TPSA) is 73.9 Å². The highest BCUT2D eigenvalue weighted by Gasteiger charge is 2.43. The van der Waals surface area contributed by atoms with E-state index in [0.29, 0.717) is 55.2 Å². The summed E-state index contributed by atoms with van der Waals surface area (Å²) in [6, 6.07) is 18.0. The van der Waals surface area contributed by atoms with E-state index in [1.807, 2.05) is 24.3 Å². The van der Waals surface area contributed by atoms with E-state index in [2.05, 4.69) is 5.32 Å². The summed E-state index contributed by atoms with van der Waals surface area (Å²) in [4.78, 5) is 26.5. The van der Waals surface area contributed by atoms with Gasteiger partial charge in [-0.3, -0.25) is 4.79 Å². The van der Waals surface area contributed by atoms with Gasteiger partial charge in [-0.15, -0.1) is 0 Å². The normalized spacial score (nSPS) is 16.2. The van der Waals surface area contributed by atoms with Crippen LogP contribution in [0.2, 0.25) is 10.0 Å². The molecule has 37 heavy (non-hydrogen) atoms. The standard InChI is InChI=1S/C29H23Cl2NO5/c1-15-24(29(34)36-3)25(26-27(32-15)19-6-4-5-7-20(19)28(26)33)16-9-11-22(23(12-16)35-2)37-14-17-8-10-18(30)13-21(17)31/h4-13,25,32H,14H2,1-3H3. The first-order chi connectivity index (χ1) is 17.8. The monoisotopic (exact) mass is 535 g/mol. The fourth-order valence-corrected chi connectivity index (χ4v) is 5.28. The predicted molar refractivity (Wildman–Crippen MR) is 142 cm³/mol. The lowest BCUT2D eigenvalue weighted by Gasteiger charge is -2.29. The third kappa shape index (κ3) is 4.37. The summed E-state index contributed by atoms with van der Waals surface area (Å²) < 4.78 is 16.8. The summed E-state index contributed by atoms with van der Waals surface area (Å²) >= 11 is 12.3. The maximum absolute atomic E-state index is 13.6. The largest absolute Gasteiger partial charge is 0.493 e. The molecule has 8 heteroatoms. The highest BCUT2D eigenvalue weighted by molar-refractivity contribution is 6.35. The first-order valence-corrected chi connectivity index (χ1v) is 12.3. The first kappa shape index (κ1) is 24.9. The molecule has 0 saturated heterocycles. The molecule has 0 saturated carbocycles. The number of hydrogen-bond acceptors (Lipinski definition) is 6. The molecule has 3 aromatic rings. The van der Waals surface area contributed by atoms with Crippen LogP contribution in [0.4, 0.5) is 0 Å². The van der Waals surface area contributed by atoms with Crippen LogP contribution in [0, 0.1) is 0 Å². The number of carbonyl (C=O) groups is 2. The fraction of sp³-hybridized carbons (Fsp3) is 0.172. The van der Waals surface area contributed by atoms with Crippen LogP contribution in [0.25, 0.3) is 5.70 Å². The Balaban J connectivity index is 1.55. The van der Waals surface area contributed by atoms with Gasteiger partial charge in [-0.25, -0.2) is 4.79 Å². The lowest BCUT2D eigenvalue weighted by molar-refractivity contribution is -0.136. The Morgan fingerprint density at radius 1 is 0.973 bits per heavy atom. The van der Waals surface area contributed by atoms with Gasteiger partial charge in [-0.1, -0.05) is 59.6 Å². The molecular formula is C29H23Cl2NO5. The molecule has 0 aromatic heterocycles. The van der Waals surface area contributed by atoms with Crippen molar-refractivity contribution >= 4 is 40.7 Å². The van der Waals surface area contributed by atoms with E-state index in [1.165, 1.54) is 14.2 Å². The van der Waals surface area contributed by atoms with Crippen molar-refractivity contribution in [1.82, 2.24) is 5.32 Å².